The standard InChI is InChI=1S/C4H9NO3.H3P/c6-2-1-5-3-4(7)8;/h5-6H,1-3H2,(H,7,8);1H3. The second kappa shape index (κ2) is 7.82. The predicted octanol–water partition coefficient (Wildman–Crippen LogP) is -1.29. The first-order valence-corrected chi connectivity index (χ1v) is 2.30. The van der Waals surface area contributed by atoms with Crippen LogP contribution in [0.2, 0.25) is 0 Å². The molecule has 5 heteroatoms. The number of carboxylic acids is 1. The molecule has 9 heavy (non-hydrogen) atoms. The minimum atomic E-state index is -0.904. The molecule has 0 bridgehead atoms. The highest BCUT2D eigenvalue weighted by Gasteiger charge is 1.91. The summed E-state index contributed by atoms with van der Waals surface area (Å²) in [4.78, 5) is 9.73. The molecule has 3 N–H and O–H groups in total. The van der Waals surface area contributed by atoms with E-state index in [-0.39, 0.29) is 23.1 Å². The molecule has 0 saturated carbocycles. The van der Waals surface area contributed by atoms with E-state index in [0.29, 0.717) is 6.54 Å². The monoisotopic (exact) mass is 153 g/mol. The van der Waals surface area contributed by atoms with Crippen LogP contribution in [0.15, 0.2) is 0 Å². The first-order valence-electron chi connectivity index (χ1n) is 2.30. The molecule has 0 aromatic heterocycles. The summed E-state index contributed by atoms with van der Waals surface area (Å²) >= 11 is 0. The van der Waals surface area contributed by atoms with E-state index in [9.17, 15) is 4.79 Å². The Hall–Kier alpha value is -0.180. The predicted molar refractivity (Wildman–Crippen MR) is 38.7 cm³/mol. The number of carbonyl (C=O) groups is 1. The molecule has 1 unspecified atom stereocenters. The van der Waals surface area contributed by atoms with Crippen LogP contribution in [0.1, 0.15) is 0 Å². The number of hydrogen-bond donors (Lipinski definition) is 3. The van der Waals surface area contributed by atoms with Gasteiger partial charge in [-0.2, -0.15) is 9.90 Å². The fourth-order valence-corrected chi connectivity index (χ4v) is 0.274. The van der Waals surface area contributed by atoms with Gasteiger partial charge in [-0.1, -0.05) is 0 Å². The second-order valence-corrected chi connectivity index (χ2v) is 1.29. The van der Waals surface area contributed by atoms with Crippen LogP contribution in [0.25, 0.3) is 0 Å². The Labute approximate surface area is 56.9 Å². The molecule has 4 nitrogen and oxygen atoms in total. The summed E-state index contributed by atoms with van der Waals surface area (Å²) in [7, 11) is 0. The van der Waals surface area contributed by atoms with E-state index in [2.05, 4.69) is 5.32 Å². The molecular weight excluding hydrogens is 141 g/mol. The number of aliphatic carboxylic acids is 1. The van der Waals surface area contributed by atoms with Crippen LogP contribution in [0.4, 0.5) is 0 Å². The third kappa shape index (κ3) is 11.4. The maximum Gasteiger partial charge on any atom is 0.317 e. The Morgan fingerprint density at radius 1 is 1.56 bits per heavy atom. The third-order valence-electron chi connectivity index (χ3n) is 0.565. The normalized spacial score (nSPS) is 8.11. The van der Waals surface area contributed by atoms with Crippen molar-refractivity contribution in [2.24, 2.45) is 0 Å². The van der Waals surface area contributed by atoms with Crippen molar-refractivity contribution >= 4 is 15.9 Å². The quantitative estimate of drug-likeness (QED) is 0.347. The van der Waals surface area contributed by atoms with E-state index in [0.717, 1.165) is 0 Å². The highest BCUT2D eigenvalue weighted by Crippen LogP contribution is 1.58. The molecule has 0 radical (unpaired) electrons. The van der Waals surface area contributed by atoms with Gasteiger partial charge in [-0.15, -0.1) is 0 Å². The molecule has 1 atom stereocenters. The van der Waals surface area contributed by atoms with Crippen molar-refractivity contribution in [3.63, 3.8) is 0 Å². The Bertz CT molecular complexity index is 78.2. The zero-order chi connectivity index (χ0) is 6.41. The lowest BCUT2D eigenvalue weighted by Crippen LogP contribution is -2.25. The molecule has 0 aromatic rings. The van der Waals surface area contributed by atoms with Crippen LogP contribution in [-0.4, -0.2) is 35.9 Å². The fourth-order valence-electron chi connectivity index (χ4n) is 0.274. The van der Waals surface area contributed by atoms with Gasteiger partial charge in [0.1, 0.15) is 0 Å². The minimum absolute atomic E-state index is 0. The smallest absolute Gasteiger partial charge is 0.317 e. The molecule has 56 valence electrons. The summed E-state index contributed by atoms with van der Waals surface area (Å²) in [5.74, 6) is -0.904. The molecular formula is C4H12NO3P. The molecule has 0 heterocycles. The van der Waals surface area contributed by atoms with Gasteiger partial charge in [0.15, 0.2) is 0 Å². The molecule has 0 aromatic carbocycles. The highest BCUT2D eigenvalue weighted by molar-refractivity contribution is 6.92. The molecule has 0 aliphatic heterocycles. The lowest BCUT2D eigenvalue weighted by Gasteiger charge is -1.93. The van der Waals surface area contributed by atoms with E-state index in [4.69, 9.17) is 10.2 Å². The van der Waals surface area contributed by atoms with E-state index in [1.165, 1.54) is 0 Å². The molecule has 0 rings (SSSR count). The van der Waals surface area contributed by atoms with Gasteiger partial charge in [-0.3, -0.25) is 4.79 Å². The maximum absolute atomic E-state index is 9.73. The SMILES string of the molecule is O=C(O)CNCCO.P. The van der Waals surface area contributed by atoms with E-state index < -0.39 is 5.97 Å². The Balaban J connectivity index is 0. The zero-order valence-corrected chi connectivity index (χ0v) is 6.55. The molecule has 0 spiro atoms. The Morgan fingerprint density at radius 2 is 2.11 bits per heavy atom. The van der Waals surface area contributed by atoms with Crippen molar-refractivity contribution in [2.75, 3.05) is 19.7 Å². The summed E-state index contributed by atoms with van der Waals surface area (Å²) in [5, 5.41) is 18.6. The van der Waals surface area contributed by atoms with Crippen LogP contribution in [0.3, 0.4) is 0 Å². The zero-order valence-electron chi connectivity index (χ0n) is 5.13. The van der Waals surface area contributed by atoms with E-state index in [1.807, 2.05) is 0 Å². The van der Waals surface area contributed by atoms with Gasteiger partial charge in [0, 0.05) is 6.54 Å². The van der Waals surface area contributed by atoms with Crippen molar-refractivity contribution in [1.82, 2.24) is 5.32 Å². The van der Waals surface area contributed by atoms with Crippen LogP contribution in [-0.2, 0) is 4.79 Å². The molecule has 0 fully saturated rings. The fraction of sp³-hybridized carbons (Fsp3) is 0.750. The van der Waals surface area contributed by atoms with Crippen molar-refractivity contribution in [2.45, 2.75) is 0 Å². The van der Waals surface area contributed by atoms with E-state index >= 15 is 0 Å². The average Bonchev–Trinajstić information content (AvgIpc) is 1.66. The lowest BCUT2D eigenvalue weighted by molar-refractivity contribution is -0.135. The van der Waals surface area contributed by atoms with Gasteiger partial charge < -0.3 is 15.5 Å². The van der Waals surface area contributed by atoms with Crippen LogP contribution in [0.5, 0.6) is 0 Å². The summed E-state index contributed by atoms with van der Waals surface area (Å²) in [6.07, 6.45) is 0. The minimum Gasteiger partial charge on any atom is -0.480 e. The number of aliphatic hydroxyl groups excluding tert-OH is 1. The number of hydrogen-bond acceptors (Lipinski definition) is 3. The van der Waals surface area contributed by atoms with E-state index in [1.54, 1.807) is 0 Å². The first-order chi connectivity index (χ1) is 3.77. The number of carboxylic acid groups (broad SMARTS) is 1. The molecule has 0 saturated heterocycles. The molecule has 0 aliphatic carbocycles. The van der Waals surface area contributed by atoms with Gasteiger partial charge in [0.25, 0.3) is 0 Å². The third-order valence-corrected chi connectivity index (χ3v) is 0.565. The topological polar surface area (TPSA) is 69.6 Å². The summed E-state index contributed by atoms with van der Waals surface area (Å²) < 4.78 is 0. The number of rotatable bonds is 4. The van der Waals surface area contributed by atoms with Gasteiger partial charge in [0.2, 0.25) is 0 Å². The van der Waals surface area contributed by atoms with Crippen molar-refractivity contribution in [3.05, 3.63) is 0 Å². The summed E-state index contributed by atoms with van der Waals surface area (Å²) in [6, 6.07) is 0. The first kappa shape index (κ1) is 11.6. The summed E-state index contributed by atoms with van der Waals surface area (Å²) in [6.45, 7) is 0.236. The molecule has 0 amide bonds. The van der Waals surface area contributed by atoms with Crippen molar-refractivity contribution in [3.8, 4) is 0 Å². The van der Waals surface area contributed by atoms with Gasteiger partial charge in [-0.25, -0.2) is 0 Å². The van der Waals surface area contributed by atoms with Gasteiger partial charge >= 0.3 is 5.97 Å². The maximum atomic E-state index is 9.73. The van der Waals surface area contributed by atoms with Crippen LogP contribution < -0.4 is 5.32 Å². The van der Waals surface area contributed by atoms with Crippen molar-refractivity contribution in [1.29, 1.82) is 0 Å². The van der Waals surface area contributed by atoms with Gasteiger partial charge in [-0.05, 0) is 0 Å². The lowest BCUT2D eigenvalue weighted by atomic mass is 10.6. The van der Waals surface area contributed by atoms with Crippen molar-refractivity contribution < 1.29 is 15.0 Å². The van der Waals surface area contributed by atoms with Crippen LogP contribution >= 0.6 is 9.90 Å². The number of aliphatic hydroxyl groups is 1. The highest BCUT2D eigenvalue weighted by atomic mass is 31.0. The second-order valence-electron chi connectivity index (χ2n) is 1.29. The average molecular weight is 153 g/mol. The number of nitrogens with one attached hydrogen (secondary N) is 1. The Morgan fingerprint density at radius 3 is 2.44 bits per heavy atom. The summed E-state index contributed by atoms with van der Waals surface area (Å²) in [5.41, 5.74) is 0. The van der Waals surface area contributed by atoms with Gasteiger partial charge in [0.05, 0.1) is 13.2 Å². The Kier molecular flexibility index (Phi) is 10.1. The largest absolute Gasteiger partial charge is 0.480 e. The van der Waals surface area contributed by atoms with Crippen LogP contribution in [0, 0.1) is 0 Å². The molecule has 0 aliphatic rings.